The van der Waals surface area contributed by atoms with Crippen molar-refractivity contribution in [1.82, 2.24) is 10.4 Å². The highest BCUT2D eigenvalue weighted by Gasteiger charge is 2.34. The number of hydrogen-bond acceptors (Lipinski definition) is 8. The van der Waals surface area contributed by atoms with E-state index >= 15 is 0 Å². The van der Waals surface area contributed by atoms with E-state index in [-0.39, 0.29) is 20.5 Å². The lowest BCUT2D eigenvalue weighted by Crippen LogP contribution is -2.44. The quantitative estimate of drug-likeness (QED) is 0.271. The number of thioether (sulfide) groups is 1. The fraction of sp³-hybridized carbons (Fsp3) is 0.0556. The zero-order valence-corrected chi connectivity index (χ0v) is 18.3. The first-order valence-electron chi connectivity index (χ1n) is 8.11. The number of aromatic hydroxyl groups is 1. The minimum atomic E-state index is -0.765. The summed E-state index contributed by atoms with van der Waals surface area (Å²) in [6, 6.07) is 8.97. The molecule has 0 aromatic heterocycles. The molecule has 0 aliphatic carbocycles. The number of ether oxygens (including phenoxy) is 1. The third kappa shape index (κ3) is 4.45. The summed E-state index contributed by atoms with van der Waals surface area (Å²) in [5, 5.41) is 21.9. The van der Waals surface area contributed by atoms with Gasteiger partial charge in [0.2, 0.25) is 5.75 Å². The number of carbonyl (C=O) groups excluding carboxylic acids is 2. The number of nitro benzene ring substituents is 1. The number of phenols is 1. The molecule has 9 nitrogen and oxygen atoms in total. The van der Waals surface area contributed by atoms with E-state index in [1.54, 1.807) is 24.3 Å². The maximum atomic E-state index is 12.7. The molecule has 0 radical (unpaired) electrons. The molecule has 0 spiro atoms. The van der Waals surface area contributed by atoms with E-state index in [4.69, 9.17) is 17.0 Å². The molecule has 3 rings (SSSR count). The van der Waals surface area contributed by atoms with Crippen LogP contribution in [0, 0.1) is 10.1 Å². The van der Waals surface area contributed by atoms with Crippen LogP contribution >= 0.6 is 39.9 Å². The summed E-state index contributed by atoms with van der Waals surface area (Å²) in [6.45, 7) is 0. The van der Waals surface area contributed by atoms with E-state index in [0.29, 0.717) is 5.56 Å². The lowest BCUT2D eigenvalue weighted by atomic mass is 10.1. The van der Waals surface area contributed by atoms with Gasteiger partial charge in [-0.3, -0.25) is 25.1 Å². The molecular weight excluding hydrogens is 498 g/mol. The van der Waals surface area contributed by atoms with Gasteiger partial charge in [-0.1, -0.05) is 27.7 Å². The number of thiocarbonyl (C=S) groups is 1. The summed E-state index contributed by atoms with van der Waals surface area (Å²) in [5.41, 5.74) is 2.45. The molecule has 0 saturated carbocycles. The average molecular weight is 510 g/mol. The molecule has 30 heavy (non-hydrogen) atoms. The van der Waals surface area contributed by atoms with Gasteiger partial charge in [0.1, 0.15) is 0 Å². The van der Waals surface area contributed by atoms with Crippen molar-refractivity contribution >= 4 is 67.8 Å². The normalized spacial score (nSPS) is 14.9. The van der Waals surface area contributed by atoms with Crippen LogP contribution in [0.4, 0.5) is 5.69 Å². The summed E-state index contributed by atoms with van der Waals surface area (Å²) < 4.78 is 5.84. The Morgan fingerprint density at radius 1 is 1.37 bits per heavy atom. The number of nitrogens with one attached hydrogen (secondary N) is 1. The average Bonchev–Trinajstić information content (AvgIpc) is 2.96. The molecule has 2 N–H and O–H groups in total. The number of rotatable bonds is 5. The highest BCUT2D eigenvalue weighted by molar-refractivity contribution is 9.10. The highest BCUT2D eigenvalue weighted by Crippen LogP contribution is 2.39. The Hall–Kier alpha value is -2.96. The van der Waals surface area contributed by atoms with Gasteiger partial charge in [0.25, 0.3) is 11.8 Å². The van der Waals surface area contributed by atoms with E-state index in [0.717, 1.165) is 27.3 Å². The Kier molecular flexibility index (Phi) is 6.39. The first kappa shape index (κ1) is 21.7. The van der Waals surface area contributed by atoms with Crippen LogP contribution in [0.3, 0.4) is 0 Å². The monoisotopic (exact) mass is 509 g/mol. The third-order valence-corrected chi connectivity index (χ3v) is 5.74. The maximum Gasteiger partial charge on any atom is 0.315 e. The Morgan fingerprint density at radius 3 is 2.63 bits per heavy atom. The number of carbonyl (C=O) groups is 2. The van der Waals surface area contributed by atoms with Gasteiger partial charge in [0.05, 0.1) is 16.9 Å². The standard InChI is InChI=1S/C18H12BrN3O6S2/c1-28-13-7-9(6-12(15(13)23)22(26)27)8-14-17(25)21(18(29)30-14)20-16(24)10-2-4-11(19)5-3-10/h2-8,23H,1H3,(H,20,24)/b14-8-. The van der Waals surface area contributed by atoms with E-state index in [1.807, 2.05) is 0 Å². The fourth-order valence-electron chi connectivity index (χ4n) is 2.47. The minimum absolute atomic E-state index is 0.0944. The van der Waals surface area contributed by atoms with Crippen molar-refractivity contribution in [3.05, 3.63) is 67.0 Å². The molecule has 12 heteroatoms. The first-order valence-corrected chi connectivity index (χ1v) is 10.1. The van der Waals surface area contributed by atoms with Crippen LogP contribution in [0.25, 0.3) is 6.08 Å². The van der Waals surface area contributed by atoms with Crippen LogP contribution in [-0.4, -0.2) is 38.3 Å². The molecule has 2 aromatic rings. The lowest BCUT2D eigenvalue weighted by Gasteiger charge is -2.15. The smallest absolute Gasteiger partial charge is 0.315 e. The molecule has 154 valence electrons. The Labute approximate surface area is 187 Å². The summed E-state index contributed by atoms with van der Waals surface area (Å²) in [6.07, 6.45) is 1.36. The minimum Gasteiger partial charge on any atom is -0.500 e. The second-order valence-corrected chi connectivity index (χ2v) is 8.40. The van der Waals surface area contributed by atoms with Crippen molar-refractivity contribution in [3.63, 3.8) is 0 Å². The van der Waals surface area contributed by atoms with Gasteiger partial charge in [-0.15, -0.1) is 0 Å². The number of hydrogen-bond donors (Lipinski definition) is 2. The van der Waals surface area contributed by atoms with Crippen LogP contribution in [0.15, 0.2) is 45.8 Å². The number of nitro groups is 1. The van der Waals surface area contributed by atoms with E-state index in [2.05, 4.69) is 21.4 Å². The molecule has 1 fully saturated rings. The number of benzene rings is 2. The van der Waals surface area contributed by atoms with Crippen LogP contribution in [0.5, 0.6) is 11.5 Å². The van der Waals surface area contributed by atoms with Gasteiger partial charge in [-0.25, -0.2) is 0 Å². The zero-order chi connectivity index (χ0) is 22.0. The van der Waals surface area contributed by atoms with Crippen molar-refractivity contribution in [3.8, 4) is 11.5 Å². The summed E-state index contributed by atoms with van der Waals surface area (Å²) in [7, 11) is 1.25. The van der Waals surface area contributed by atoms with Crippen LogP contribution in [0.2, 0.25) is 0 Å². The Balaban J connectivity index is 1.86. The Morgan fingerprint density at radius 2 is 2.03 bits per heavy atom. The second kappa shape index (κ2) is 8.81. The molecule has 1 aliphatic rings. The van der Waals surface area contributed by atoms with E-state index in [9.17, 15) is 24.8 Å². The Bertz CT molecular complexity index is 1100. The number of phenolic OH excluding ortho intramolecular Hbond substituents is 1. The topological polar surface area (TPSA) is 122 Å². The number of amides is 2. The highest BCUT2D eigenvalue weighted by atomic mass is 79.9. The summed E-state index contributed by atoms with van der Waals surface area (Å²) in [4.78, 5) is 35.6. The number of hydrazine groups is 1. The number of halogens is 1. The molecule has 1 aliphatic heterocycles. The summed E-state index contributed by atoms with van der Waals surface area (Å²) in [5.74, 6) is -1.85. The van der Waals surface area contributed by atoms with Gasteiger partial charge in [0, 0.05) is 16.1 Å². The van der Waals surface area contributed by atoms with Crippen LogP contribution in [0.1, 0.15) is 15.9 Å². The third-order valence-electron chi connectivity index (χ3n) is 3.91. The van der Waals surface area contributed by atoms with Crippen LogP contribution < -0.4 is 10.2 Å². The lowest BCUT2D eigenvalue weighted by molar-refractivity contribution is -0.386. The van der Waals surface area contributed by atoms with Gasteiger partial charge in [-0.2, -0.15) is 5.01 Å². The van der Waals surface area contributed by atoms with Crippen molar-refractivity contribution in [2.24, 2.45) is 0 Å². The molecular formula is C18H12BrN3O6S2. The largest absolute Gasteiger partial charge is 0.500 e. The maximum absolute atomic E-state index is 12.7. The van der Waals surface area contributed by atoms with Crippen molar-refractivity contribution in [2.45, 2.75) is 0 Å². The van der Waals surface area contributed by atoms with Gasteiger partial charge in [-0.05, 0) is 54.2 Å². The number of methoxy groups -OCH3 is 1. The van der Waals surface area contributed by atoms with Crippen molar-refractivity contribution < 1.29 is 24.4 Å². The first-order chi connectivity index (χ1) is 14.2. The fourth-order valence-corrected chi connectivity index (χ4v) is 3.92. The number of nitrogens with zero attached hydrogens (tertiary/aromatic N) is 2. The second-order valence-electron chi connectivity index (χ2n) is 5.81. The molecule has 0 unspecified atom stereocenters. The molecule has 2 aromatic carbocycles. The molecule has 1 saturated heterocycles. The van der Waals surface area contributed by atoms with Crippen molar-refractivity contribution in [1.29, 1.82) is 0 Å². The predicted molar refractivity (Wildman–Crippen MR) is 118 cm³/mol. The molecule has 0 atom stereocenters. The predicted octanol–water partition coefficient (Wildman–Crippen LogP) is 3.62. The molecule has 0 bridgehead atoms. The molecule has 2 amide bonds. The SMILES string of the molecule is COc1cc(/C=C2\SC(=S)N(NC(=O)c3ccc(Br)cc3)C2=O)cc([N+](=O)[O-])c1O. The summed E-state index contributed by atoms with van der Waals surface area (Å²) >= 11 is 9.37. The van der Waals surface area contributed by atoms with Crippen LogP contribution in [-0.2, 0) is 4.79 Å². The van der Waals surface area contributed by atoms with E-state index in [1.165, 1.54) is 19.3 Å². The molecule has 1 heterocycles. The van der Waals surface area contributed by atoms with Gasteiger partial charge < -0.3 is 9.84 Å². The van der Waals surface area contributed by atoms with E-state index < -0.39 is 28.2 Å². The van der Waals surface area contributed by atoms with Crippen molar-refractivity contribution in [2.75, 3.05) is 7.11 Å². The van der Waals surface area contributed by atoms with Gasteiger partial charge >= 0.3 is 5.69 Å². The van der Waals surface area contributed by atoms with Gasteiger partial charge in [0.15, 0.2) is 10.1 Å². The zero-order valence-electron chi connectivity index (χ0n) is 15.1.